The van der Waals surface area contributed by atoms with Gasteiger partial charge in [0.15, 0.2) is 0 Å². The van der Waals surface area contributed by atoms with Crippen molar-refractivity contribution in [2.24, 2.45) is 5.84 Å². The number of hydrogen-bond acceptors (Lipinski definition) is 5. The quantitative estimate of drug-likeness (QED) is 0.487. The highest BCUT2D eigenvalue weighted by Crippen LogP contribution is 2.19. The van der Waals surface area contributed by atoms with Crippen LogP contribution in [-0.4, -0.2) is 50.4 Å². The van der Waals surface area contributed by atoms with Gasteiger partial charge < -0.3 is 14.4 Å². The molecule has 2 aliphatic rings. The zero-order valence-electron chi connectivity index (χ0n) is 9.11. The van der Waals surface area contributed by atoms with Crippen LogP contribution < -0.4 is 11.3 Å². The second kappa shape index (κ2) is 4.94. The van der Waals surface area contributed by atoms with Gasteiger partial charge in [-0.25, -0.2) is 5.43 Å². The molecule has 2 atom stereocenters. The lowest BCUT2D eigenvalue weighted by Crippen LogP contribution is -2.54. The minimum atomic E-state index is -0.0183. The van der Waals surface area contributed by atoms with Gasteiger partial charge in [0.05, 0.1) is 19.3 Å². The van der Waals surface area contributed by atoms with Gasteiger partial charge in [-0.1, -0.05) is 0 Å². The molecule has 5 heteroatoms. The summed E-state index contributed by atoms with van der Waals surface area (Å²) >= 11 is 0. The molecule has 0 spiro atoms. The smallest absolute Gasteiger partial charge is 0.113 e. The number of hydrogen-bond donors (Lipinski definition) is 2. The van der Waals surface area contributed by atoms with Crippen molar-refractivity contribution in [1.82, 2.24) is 10.3 Å². The lowest BCUT2D eigenvalue weighted by molar-refractivity contribution is -0.0400. The van der Waals surface area contributed by atoms with Crippen LogP contribution in [0.15, 0.2) is 11.8 Å². The lowest BCUT2D eigenvalue weighted by atomic mass is 10.1. The maximum Gasteiger partial charge on any atom is 0.113 e. The van der Waals surface area contributed by atoms with Gasteiger partial charge in [-0.2, -0.15) is 0 Å². The van der Waals surface area contributed by atoms with Gasteiger partial charge >= 0.3 is 0 Å². The third-order valence-electron chi connectivity index (χ3n) is 2.89. The molecule has 15 heavy (non-hydrogen) atoms. The number of ether oxygens (including phenoxy) is 2. The van der Waals surface area contributed by atoms with Gasteiger partial charge in [-0.3, -0.25) is 5.84 Å². The van der Waals surface area contributed by atoms with Crippen molar-refractivity contribution in [2.75, 3.05) is 33.4 Å². The van der Waals surface area contributed by atoms with E-state index in [0.717, 1.165) is 38.5 Å². The first-order chi connectivity index (χ1) is 7.31. The fourth-order valence-electron chi connectivity index (χ4n) is 2.04. The van der Waals surface area contributed by atoms with Crippen LogP contribution in [0.5, 0.6) is 0 Å². The van der Waals surface area contributed by atoms with Crippen molar-refractivity contribution in [3.05, 3.63) is 11.8 Å². The van der Waals surface area contributed by atoms with E-state index in [4.69, 9.17) is 15.3 Å². The average Bonchev–Trinajstić information content (AvgIpc) is 2.72. The second-order valence-corrected chi connectivity index (χ2v) is 4.06. The molecule has 2 rings (SSSR count). The third kappa shape index (κ3) is 2.49. The van der Waals surface area contributed by atoms with Gasteiger partial charge in [0.2, 0.25) is 0 Å². The maximum absolute atomic E-state index is 5.71. The van der Waals surface area contributed by atoms with Crippen LogP contribution in [0, 0.1) is 0 Å². The maximum atomic E-state index is 5.71. The molecule has 0 aromatic carbocycles. The number of nitrogens with zero attached hydrogens (tertiary/aromatic N) is 1. The predicted octanol–water partition coefficient (Wildman–Crippen LogP) is -0.547. The number of nitrogens with one attached hydrogen (secondary N) is 1. The van der Waals surface area contributed by atoms with Crippen molar-refractivity contribution < 1.29 is 9.47 Å². The molecule has 2 unspecified atom stereocenters. The number of rotatable bonds is 3. The summed E-state index contributed by atoms with van der Waals surface area (Å²) in [6.45, 7) is 3.38. The largest absolute Gasteiger partial charge is 0.496 e. The Hall–Kier alpha value is -0.620. The molecule has 0 aromatic rings. The first kappa shape index (κ1) is 10.9. The molecule has 1 saturated heterocycles. The van der Waals surface area contributed by atoms with E-state index >= 15 is 0 Å². The van der Waals surface area contributed by atoms with Crippen LogP contribution in [0.25, 0.3) is 0 Å². The molecule has 3 N–H and O–H groups in total. The number of nitrogens with two attached hydrogens (primary N) is 1. The molecule has 5 nitrogen and oxygen atoms in total. The lowest BCUT2D eigenvalue weighted by Gasteiger charge is -2.34. The van der Waals surface area contributed by atoms with Gasteiger partial charge in [0, 0.05) is 19.5 Å². The molecular weight excluding hydrogens is 194 g/mol. The summed E-state index contributed by atoms with van der Waals surface area (Å²) in [5, 5.41) is 0. The SMILES string of the molecule is CN1CCOC(C(NN)C2=CCCO2)C1. The molecule has 0 aliphatic carbocycles. The third-order valence-corrected chi connectivity index (χ3v) is 2.89. The van der Waals surface area contributed by atoms with Crippen LogP contribution in [0.4, 0.5) is 0 Å². The first-order valence-electron chi connectivity index (χ1n) is 5.40. The zero-order valence-corrected chi connectivity index (χ0v) is 9.11. The highest BCUT2D eigenvalue weighted by molar-refractivity contribution is 5.10. The molecule has 2 heterocycles. The normalized spacial score (nSPS) is 29.7. The molecule has 2 aliphatic heterocycles. The van der Waals surface area contributed by atoms with E-state index in [1.807, 2.05) is 0 Å². The fourth-order valence-corrected chi connectivity index (χ4v) is 2.04. The van der Waals surface area contributed by atoms with Crippen molar-refractivity contribution >= 4 is 0 Å². The monoisotopic (exact) mass is 213 g/mol. The highest BCUT2D eigenvalue weighted by Gasteiger charge is 2.30. The minimum absolute atomic E-state index is 0.0183. The summed E-state index contributed by atoms with van der Waals surface area (Å²) in [5.74, 6) is 6.49. The standard InChI is InChI=1S/C10H19N3O2/c1-13-4-6-15-9(7-13)10(12-11)8-3-2-5-14-8/h3,9-10,12H,2,4-7,11H2,1H3. The van der Waals surface area contributed by atoms with Crippen LogP contribution >= 0.6 is 0 Å². The molecule has 1 fully saturated rings. The second-order valence-electron chi connectivity index (χ2n) is 4.06. The van der Waals surface area contributed by atoms with Crippen molar-refractivity contribution in [3.8, 4) is 0 Å². The number of likely N-dealkylation sites (N-methyl/N-ethyl adjacent to an activating group) is 1. The van der Waals surface area contributed by atoms with Crippen LogP contribution in [0.2, 0.25) is 0 Å². The van der Waals surface area contributed by atoms with Crippen molar-refractivity contribution in [3.63, 3.8) is 0 Å². The molecule has 0 aromatic heterocycles. The Labute approximate surface area is 90.2 Å². The molecule has 86 valence electrons. The summed E-state index contributed by atoms with van der Waals surface area (Å²) in [7, 11) is 2.09. The highest BCUT2D eigenvalue weighted by atomic mass is 16.5. The van der Waals surface area contributed by atoms with E-state index in [-0.39, 0.29) is 12.1 Å². The molecule has 0 saturated carbocycles. The summed E-state index contributed by atoms with van der Waals surface area (Å²) < 4.78 is 11.2. The zero-order chi connectivity index (χ0) is 10.7. The summed E-state index contributed by atoms with van der Waals surface area (Å²) in [4.78, 5) is 2.24. The molecule has 0 radical (unpaired) electrons. The molecular formula is C10H19N3O2. The van der Waals surface area contributed by atoms with E-state index in [1.165, 1.54) is 0 Å². The van der Waals surface area contributed by atoms with E-state index in [0.29, 0.717) is 0 Å². The first-order valence-corrected chi connectivity index (χ1v) is 5.40. The Bertz CT molecular complexity index is 245. The Balaban J connectivity index is 1.98. The Morgan fingerprint density at radius 3 is 3.07 bits per heavy atom. The fraction of sp³-hybridized carbons (Fsp3) is 0.800. The Kier molecular flexibility index (Phi) is 3.58. The Morgan fingerprint density at radius 2 is 2.47 bits per heavy atom. The number of morpholine rings is 1. The van der Waals surface area contributed by atoms with E-state index in [2.05, 4.69) is 23.4 Å². The topological polar surface area (TPSA) is 59.8 Å². The Morgan fingerprint density at radius 1 is 1.60 bits per heavy atom. The van der Waals surface area contributed by atoms with E-state index in [1.54, 1.807) is 0 Å². The number of hydrazine groups is 1. The van der Waals surface area contributed by atoms with Crippen molar-refractivity contribution in [2.45, 2.75) is 18.6 Å². The van der Waals surface area contributed by atoms with Crippen LogP contribution in [0.1, 0.15) is 6.42 Å². The van der Waals surface area contributed by atoms with Crippen LogP contribution in [-0.2, 0) is 9.47 Å². The minimum Gasteiger partial charge on any atom is -0.496 e. The van der Waals surface area contributed by atoms with Gasteiger partial charge in [0.25, 0.3) is 0 Å². The van der Waals surface area contributed by atoms with Crippen molar-refractivity contribution in [1.29, 1.82) is 0 Å². The van der Waals surface area contributed by atoms with E-state index in [9.17, 15) is 0 Å². The summed E-state index contributed by atoms with van der Waals surface area (Å²) in [6, 6.07) is -0.0183. The van der Waals surface area contributed by atoms with Gasteiger partial charge in [0.1, 0.15) is 11.8 Å². The molecule has 0 amide bonds. The van der Waals surface area contributed by atoms with Gasteiger partial charge in [-0.15, -0.1) is 0 Å². The predicted molar refractivity (Wildman–Crippen MR) is 57.0 cm³/mol. The van der Waals surface area contributed by atoms with E-state index < -0.39 is 0 Å². The van der Waals surface area contributed by atoms with Gasteiger partial charge in [-0.05, 0) is 13.1 Å². The average molecular weight is 213 g/mol. The summed E-state index contributed by atoms with van der Waals surface area (Å²) in [5.41, 5.74) is 2.79. The summed E-state index contributed by atoms with van der Waals surface area (Å²) in [6.07, 6.45) is 3.14. The molecule has 0 bridgehead atoms. The van der Waals surface area contributed by atoms with Crippen LogP contribution in [0.3, 0.4) is 0 Å².